The molecule has 0 bridgehead atoms. The standard InChI is InChI=1S/C11H18O3/c1-6-8-10(14-11(3,4)5)9(12)7(2)13-8/h7H,6H2,1-5H3. The Labute approximate surface area is 85.1 Å². The third-order valence-corrected chi connectivity index (χ3v) is 1.89. The Morgan fingerprint density at radius 3 is 2.43 bits per heavy atom. The van der Waals surface area contributed by atoms with Crippen LogP contribution in [0.25, 0.3) is 0 Å². The van der Waals surface area contributed by atoms with E-state index in [2.05, 4.69) is 0 Å². The van der Waals surface area contributed by atoms with Crippen molar-refractivity contribution in [2.24, 2.45) is 0 Å². The molecule has 1 aliphatic heterocycles. The molecule has 1 atom stereocenters. The van der Waals surface area contributed by atoms with Crippen molar-refractivity contribution in [1.29, 1.82) is 0 Å². The molecule has 1 aliphatic rings. The van der Waals surface area contributed by atoms with E-state index in [1.807, 2.05) is 27.7 Å². The van der Waals surface area contributed by atoms with Gasteiger partial charge in [-0.25, -0.2) is 0 Å². The van der Waals surface area contributed by atoms with E-state index in [0.29, 0.717) is 17.9 Å². The lowest BCUT2D eigenvalue weighted by atomic mass is 10.1. The first-order valence-electron chi connectivity index (χ1n) is 4.98. The predicted molar refractivity (Wildman–Crippen MR) is 53.7 cm³/mol. The fraction of sp³-hybridized carbons (Fsp3) is 0.727. The van der Waals surface area contributed by atoms with Gasteiger partial charge >= 0.3 is 0 Å². The Morgan fingerprint density at radius 2 is 2.00 bits per heavy atom. The van der Waals surface area contributed by atoms with Gasteiger partial charge in [0.1, 0.15) is 11.4 Å². The number of allylic oxidation sites excluding steroid dienone is 1. The van der Waals surface area contributed by atoms with Crippen molar-refractivity contribution in [3.8, 4) is 0 Å². The zero-order valence-electron chi connectivity index (χ0n) is 9.51. The number of carbonyl (C=O) groups is 1. The number of carbonyl (C=O) groups excluding carboxylic acids is 1. The van der Waals surface area contributed by atoms with Gasteiger partial charge in [0.2, 0.25) is 11.5 Å². The molecule has 0 aromatic rings. The molecule has 14 heavy (non-hydrogen) atoms. The number of rotatable bonds is 2. The largest absolute Gasteiger partial charge is 0.483 e. The molecule has 0 amide bonds. The first kappa shape index (κ1) is 11.1. The average Bonchev–Trinajstić information content (AvgIpc) is 2.30. The smallest absolute Gasteiger partial charge is 0.240 e. The maximum atomic E-state index is 11.6. The second kappa shape index (κ2) is 3.64. The fourth-order valence-electron chi connectivity index (χ4n) is 1.30. The van der Waals surface area contributed by atoms with Crippen LogP contribution in [0.3, 0.4) is 0 Å². The Balaban J connectivity index is 2.87. The molecule has 80 valence electrons. The van der Waals surface area contributed by atoms with Crippen LogP contribution in [0.4, 0.5) is 0 Å². The number of hydrogen-bond donors (Lipinski definition) is 0. The summed E-state index contributed by atoms with van der Waals surface area (Å²) in [6.07, 6.45) is 0.309. The van der Waals surface area contributed by atoms with E-state index in [9.17, 15) is 4.79 Å². The first-order chi connectivity index (χ1) is 6.35. The molecular weight excluding hydrogens is 180 g/mol. The summed E-state index contributed by atoms with van der Waals surface area (Å²) in [6, 6.07) is 0. The summed E-state index contributed by atoms with van der Waals surface area (Å²) < 4.78 is 11.0. The minimum atomic E-state index is -0.387. The maximum absolute atomic E-state index is 11.6. The van der Waals surface area contributed by atoms with Gasteiger partial charge in [-0.05, 0) is 27.7 Å². The molecule has 0 saturated heterocycles. The molecule has 1 heterocycles. The van der Waals surface area contributed by atoms with E-state index in [1.54, 1.807) is 6.92 Å². The van der Waals surface area contributed by atoms with Crippen LogP contribution in [0.15, 0.2) is 11.5 Å². The molecule has 1 rings (SSSR count). The van der Waals surface area contributed by atoms with E-state index in [1.165, 1.54) is 0 Å². The van der Waals surface area contributed by atoms with Crippen molar-refractivity contribution in [2.45, 2.75) is 52.7 Å². The van der Waals surface area contributed by atoms with E-state index in [0.717, 1.165) is 0 Å². The Morgan fingerprint density at radius 1 is 1.43 bits per heavy atom. The number of Topliss-reactive ketones (excluding diaryl/α,β-unsaturated/α-hetero) is 1. The zero-order chi connectivity index (χ0) is 10.9. The summed E-state index contributed by atoms with van der Waals surface area (Å²) in [6.45, 7) is 9.46. The second-order valence-electron chi connectivity index (χ2n) is 4.44. The third-order valence-electron chi connectivity index (χ3n) is 1.89. The van der Waals surface area contributed by atoms with Crippen LogP contribution in [-0.2, 0) is 14.3 Å². The molecule has 0 aliphatic carbocycles. The van der Waals surface area contributed by atoms with Crippen LogP contribution in [0.2, 0.25) is 0 Å². The van der Waals surface area contributed by atoms with Crippen LogP contribution in [0.5, 0.6) is 0 Å². The molecule has 0 spiro atoms. The van der Waals surface area contributed by atoms with Crippen LogP contribution in [0, 0.1) is 0 Å². The van der Waals surface area contributed by atoms with Crippen molar-refractivity contribution < 1.29 is 14.3 Å². The average molecular weight is 198 g/mol. The third kappa shape index (κ3) is 2.28. The van der Waals surface area contributed by atoms with Gasteiger partial charge in [0.05, 0.1) is 0 Å². The van der Waals surface area contributed by atoms with E-state index in [-0.39, 0.29) is 17.5 Å². The van der Waals surface area contributed by atoms with Crippen LogP contribution >= 0.6 is 0 Å². The van der Waals surface area contributed by atoms with Crippen molar-refractivity contribution in [2.75, 3.05) is 0 Å². The molecule has 0 fully saturated rings. The lowest BCUT2D eigenvalue weighted by molar-refractivity contribution is -0.124. The quantitative estimate of drug-likeness (QED) is 0.683. The molecule has 0 N–H and O–H groups in total. The first-order valence-corrected chi connectivity index (χ1v) is 4.98. The lowest BCUT2D eigenvalue weighted by Crippen LogP contribution is -2.23. The second-order valence-corrected chi connectivity index (χ2v) is 4.44. The summed E-state index contributed by atoms with van der Waals surface area (Å²) >= 11 is 0. The van der Waals surface area contributed by atoms with Crippen LogP contribution in [-0.4, -0.2) is 17.5 Å². The zero-order valence-corrected chi connectivity index (χ0v) is 9.51. The molecule has 3 heteroatoms. The summed E-state index contributed by atoms with van der Waals surface area (Å²) in [7, 11) is 0. The van der Waals surface area contributed by atoms with Gasteiger partial charge in [-0.15, -0.1) is 0 Å². The van der Waals surface area contributed by atoms with E-state index in [4.69, 9.17) is 9.47 Å². The number of ketones is 1. The Bertz CT molecular complexity index is 271. The number of ether oxygens (including phenoxy) is 2. The monoisotopic (exact) mass is 198 g/mol. The van der Waals surface area contributed by atoms with Gasteiger partial charge in [0.15, 0.2) is 6.10 Å². The Hall–Kier alpha value is -0.990. The van der Waals surface area contributed by atoms with Crippen molar-refractivity contribution in [1.82, 2.24) is 0 Å². The highest BCUT2D eigenvalue weighted by Gasteiger charge is 2.34. The molecule has 0 aromatic heterocycles. The highest BCUT2D eigenvalue weighted by atomic mass is 16.6. The molecule has 0 radical (unpaired) electrons. The molecule has 3 nitrogen and oxygen atoms in total. The molecule has 0 saturated carbocycles. The van der Waals surface area contributed by atoms with Crippen molar-refractivity contribution in [3.63, 3.8) is 0 Å². The van der Waals surface area contributed by atoms with Crippen molar-refractivity contribution in [3.05, 3.63) is 11.5 Å². The Kier molecular flexibility index (Phi) is 2.88. The highest BCUT2D eigenvalue weighted by Crippen LogP contribution is 2.28. The minimum absolute atomic E-state index is 0.0447. The lowest BCUT2D eigenvalue weighted by Gasteiger charge is -2.21. The summed E-state index contributed by atoms with van der Waals surface area (Å²) in [5.74, 6) is 1.04. The van der Waals surface area contributed by atoms with Gasteiger partial charge < -0.3 is 9.47 Å². The van der Waals surface area contributed by atoms with Gasteiger partial charge in [0, 0.05) is 6.42 Å². The minimum Gasteiger partial charge on any atom is -0.483 e. The maximum Gasteiger partial charge on any atom is 0.240 e. The SMILES string of the molecule is CCC1=C(OC(C)(C)C)C(=O)C(C)O1. The summed E-state index contributed by atoms with van der Waals surface area (Å²) in [5.41, 5.74) is -0.348. The van der Waals surface area contributed by atoms with Crippen LogP contribution in [0.1, 0.15) is 41.0 Å². The van der Waals surface area contributed by atoms with Gasteiger partial charge in [-0.3, -0.25) is 4.79 Å². The fourth-order valence-corrected chi connectivity index (χ4v) is 1.30. The highest BCUT2D eigenvalue weighted by molar-refractivity contribution is 5.99. The summed E-state index contributed by atoms with van der Waals surface area (Å²) in [4.78, 5) is 11.6. The molecule has 1 unspecified atom stereocenters. The predicted octanol–water partition coefficient (Wildman–Crippen LogP) is 2.41. The van der Waals surface area contributed by atoms with Gasteiger partial charge in [-0.1, -0.05) is 6.92 Å². The van der Waals surface area contributed by atoms with Crippen LogP contribution < -0.4 is 0 Å². The van der Waals surface area contributed by atoms with Gasteiger partial charge in [-0.2, -0.15) is 0 Å². The normalized spacial score (nSPS) is 22.6. The summed E-state index contributed by atoms with van der Waals surface area (Å²) in [5, 5.41) is 0. The van der Waals surface area contributed by atoms with E-state index < -0.39 is 0 Å². The van der Waals surface area contributed by atoms with E-state index >= 15 is 0 Å². The molecular formula is C11H18O3. The number of hydrogen-bond acceptors (Lipinski definition) is 3. The van der Waals surface area contributed by atoms with Gasteiger partial charge in [0.25, 0.3) is 0 Å². The molecule has 0 aromatic carbocycles. The topological polar surface area (TPSA) is 35.5 Å². The van der Waals surface area contributed by atoms with Crippen molar-refractivity contribution >= 4 is 5.78 Å².